The van der Waals surface area contributed by atoms with Crippen LogP contribution in [-0.4, -0.2) is 6.18 Å². The molecular weight excluding hydrogens is 498 g/mol. The van der Waals surface area contributed by atoms with Gasteiger partial charge in [0.25, 0.3) is 0 Å². The van der Waals surface area contributed by atoms with Gasteiger partial charge in [0.2, 0.25) is 0 Å². The molecule has 0 aromatic heterocycles. The molecule has 0 amide bonds. The number of rotatable bonds is 7. The SMILES string of the molecule is Nc1ccccc1Oc1ccccc1C(F)(F)C(F)(c1ccccc1Oc1ccccc1N)C(F)(F)F. The van der Waals surface area contributed by atoms with E-state index in [1.807, 2.05) is 0 Å². The highest BCUT2D eigenvalue weighted by Gasteiger charge is 2.74. The minimum Gasteiger partial charge on any atom is -0.455 e. The molecule has 0 bridgehead atoms. The second kappa shape index (κ2) is 9.61. The lowest BCUT2D eigenvalue weighted by Gasteiger charge is -2.36. The third kappa shape index (κ3) is 4.62. The summed E-state index contributed by atoms with van der Waals surface area (Å²) in [5.74, 6) is -6.91. The van der Waals surface area contributed by atoms with Crippen LogP contribution in [0.2, 0.25) is 0 Å². The Morgan fingerprint density at radius 2 is 0.811 bits per heavy atom. The molecule has 4 N–H and O–H groups in total. The minimum absolute atomic E-state index is 0.0136. The average Bonchev–Trinajstić information content (AvgIpc) is 2.86. The molecule has 0 aliphatic heterocycles. The van der Waals surface area contributed by atoms with Gasteiger partial charge in [-0.15, -0.1) is 0 Å². The maximum absolute atomic E-state index is 16.3. The molecule has 4 rings (SSSR count). The second-order valence-electron chi connectivity index (χ2n) is 8.00. The van der Waals surface area contributed by atoms with Crippen molar-refractivity contribution in [3.63, 3.8) is 0 Å². The van der Waals surface area contributed by atoms with Crippen molar-refractivity contribution in [3.8, 4) is 23.0 Å². The fraction of sp³-hybridized carbons (Fsp3) is 0.111. The number of hydrogen-bond donors (Lipinski definition) is 2. The molecule has 1 atom stereocenters. The topological polar surface area (TPSA) is 70.5 Å². The van der Waals surface area contributed by atoms with Gasteiger partial charge in [-0.3, -0.25) is 0 Å². The Bertz CT molecular complexity index is 1410. The molecule has 0 aliphatic carbocycles. The Labute approximate surface area is 208 Å². The van der Waals surface area contributed by atoms with Gasteiger partial charge in [-0.05, 0) is 42.5 Å². The summed E-state index contributed by atoms with van der Waals surface area (Å²) in [6.45, 7) is 0. The van der Waals surface area contributed by atoms with E-state index < -0.39 is 40.4 Å². The van der Waals surface area contributed by atoms with E-state index in [0.717, 1.165) is 24.3 Å². The van der Waals surface area contributed by atoms with Crippen molar-refractivity contribution >= 4 is 11.4 Å². The summed E-state index contributed by atoms with van der Waals surface area (Å²) in [7, 11) is 0. The smallest absolute Gasteiger partial charge is 0.433 e. The lowest BCUT2D eigenvalue weighted by molar-refractivity contribution is -0.315. The van der Waals surface area contributed by atoms with Crippen LogP contribution < -0.4 is 20.9 Å². The summed E-state index contributed by atoms with van der Waals surface area (Å²) < 4.78 is 102. The van der Waals surface area contributed by atoms with E-state index in [1.165, 1.54) is 54.6 Å². The summed E-state index contributed by atoms with van der Waals surface area (Å²) >= 11 is 0. The standard InChI is InChI=1S/C27H20F6N2O2/c28-25(27(31,32)33,17-9-1-5-13-21(17)36-23-15-7-3-11-19(23)34)26(29,30)18-10-2-6-14-22(18)37-24-16-8-4-12-20(24)35/h1-16H,34-35H2. The van der Waals surface area contributed by atoms with Crippen molar-refractivity contribution in [2.45, 2.75) is 17.8 Å². The fourth-order valence-electron chi connectivity index (χ4n) is 3.72. The first-order valence-corrected chi connectivity index (χ1v) is 10.8. The molecule has 4 nitrogen and oxygen atoms in total. The number of halogens is 6. The van der Waals surface area contributed by atoms with E-state index in [2.05, 4.69) is 0 Å². The van der Waals surface area contributed by atoms with Crippen LogP contribution in [0.15, 0.2) is 97.1 Å². The van der Waals surface area contributed by atoms with Crippen LogP contribution in [0.5, 0.6) is 23.0 Å². The molecule has 0 heterocycles. The Morgan fingerprint density at radius 3 is 1.24 bits per heavy atom. The van der Waals surface area contributed by atoms with E-state index in [0.29, 0.717) is 12.1 Å². The average molecular weight is 518 g/mol. The Kier molecular flexibility index (Phi) is 6.68. The number of hydrogen-bond acceptors (Lipinski definition) is 4. The maximum Gasteiger partial charge on any atom is 0.433 e. The first kappa shape index (κ1) is 25.7. The zero-order valence-corrected chi connectivity index (χ0v) is 19.0. The molecule has 0 radical (unpaired) electrons. The normalized spacial score (nSPS) is 13.6. The van der Waals surface area contributed by atoms with Crippen LogP contribution in [0, 0.1) is 0 Å². The summed E-state index contributed by atoms with van der Waals surface area (Å²) in [6.07, 6.45) is -6.09. The molecular formula is C27H20F6N2O2. The van der Waals surface area contributed by atoms with Crippen LogP contribution in [0.4, 0.5) is 37.7 Å². The van der Waals surface area contributed by atoms with Crippen LogP contribution in [0.25, 0.3) is 0 Å². The van der Waals surface area contributed by atoms with Gasteiger partial charge in [0.05, 0.1) is 16.9 Å². The van der Waals surface area contributed by atoms with Crippen molar-refractivity contribution in [2.75, 3.05) is 11.5 Å². The molecule has 0 aliphatic rings. The highest BCUT2D eigenvalue weighted by atomic mass is 19.4. The molecule has 0 spiro atoms. The monoisotopic (exact) mass is 518 g/mol. The van der Waals surface area contributed by atoms with Crippen molar-refractivity contribution in [3.05, 3.63) is 108 Å². The van der Waals surface area contributed by atoms with Crippen LogP contribution in [0.3, 0.4) is 0 Å². The van der Waals surface area contributed by atoms with Crippen molar-refractivity contribution in [1.82, 2.24) is 0 Å². The van der Waals surface area contributed by atoms with E-state index in [-0.39, 0.29) is 22.9 Å². The van der Waals surface area contributed by atoms with E-state index >= 15 is 13.2 Å². The summed E-state index contributed by atoms with van der Waals surface area (Å²) in [5.41, 5.74) is 3.61. The molecule has 0 fully saturated rings. The number of nitrogens with two attached hydrogens (primary N) is 2. The largest absolute Gasteiger partial charge is 0.455 e. The maximum atomic E-state index is 16.3. The Balaban J connectivity index is 1.88. The second-order valence-corrected chi connectivity index (χ2v) is 8.00. The molecule has 1 unspecified atom stereocenters. The lowest BCUT2D eigenvalue weighted by atomic mass is 9.83. The fourth-order valence-corrected chi connectivity index (χ4v) is 3.72. The van der Waals surface area contributed by atoms with Gasteiger partial charge in [0.15, 0.2) is 0 Å². The number of nitrogen functional groups attached to an aromatic ring is 2. The third-order valence-corrected chi connectivity index (χ3v) is 5.58. The van der Waals surface area contributed by atoms with E-state index in [4.69, 9.17) is 20.9 Å². The molecule has 4 aromatic rings. The number of benzene rings is 4. The molecule has 4 aromatic carbocycles. The highest BCUT2D eigenvalue weighted by Crippen LogP contribution is 2.60. The predicted molar refractivity (Wildman–Crippen MR) is 127 cm³/mol. The van der Waals surface area contributed by atoms with Gasteiger partial charge >= 0.3 is 17.8 Å². The number of anilines is 2. The van der Waals surface area contributed by atoms with Crippen LogP contribution in [0.1, 0.15) is 11.1 Å². The molecule has 10 heteroatoms. The molecule has 37 heavy (non-hydrogen) atoms. The lowest BCUT2D eigenvalue weighted by Crippen LogP contribution is -2.51. The van der Waals surface area contributed by atoms with Crippen molar-refractivity contribution in [2.24, 2.45) is 0 Å². The summed E-state index contributed by atoms with van der Waals surface area (Å²) in [6, 6.07) is 19.2. The first-order chi connectivity index (χ1) is 17.5. The Hall–Kier alpha value is -4.34. The van der Waals surface area contributed by atoms with Crippen molar-refractivity contribution in [1.29, 1.82) is 0 Å². The first-order valence-electron chi connectivity index (χ1n) is 10.8. The van der Waals surface area contributed by atoms with Gasteiger partial charge in [-0.1, -0.05) is 54.6 Å². The van der Waals surface area contributed by atoms with Gasteiger partial charge in [-0.25, -0.2) is 4.39 Å². The van der Waals surface area contributed by atoms with Crippen LogP contribution >= 0.6 is 0 Å². The van der Waals surface area contributed by atoms with E-state index in [9.17, 15) is 13.2 Å². The van der Waals surface area contributed by atoms with Gasteiger partial charge in [0.1, 0.15) is 23.0 Å². The number of para-hydroxylation sites is 6. The van der Waals surface area contributed by atoms with Crippen molar-refractivity contribution < 1.29 is 35.8 Å². The Morgan fingerprint density at radius 1 is 0.459 bits per heavy atom. The molecule has 0 saturated carbocycles. The van der Waals surface area contributed by atoms with E-state index in [1.54, 1.807) is 6.07 Å². The molecule has 0 saturated heterocycles. The zero-order chi connectivity index (χ0) is 26.8. The summed E-state index contributed by atoms with van der Waals surface area (Å²) in [4.78, 5) is 0. The zero-order valence-electron chi connectivity index (χ0n) is 19.0. The van der Waals surface area contributed by atoms with Gasteiger partial charge in [-0.2, -0.15) is 22.0 Å². The van der Waals surface area contributed by atoms with Gasteiger partial charge < -0.3 is 20.9 Å². The predicted octanol–water partition coefficient (Wildman–Crippen LogP) is 7.95. The summed E-state index contributed by atoms with van der Waals surface area (Å²) in [5, 5.41) is 0. The van der Waals surface area contributed by atoms with Crippen LogP contribution in [-0.2, 0) is 11.6 Å². The molecule has 192 valence electrons. The highest BCUT2D eigenvalue weighted by molar-refractivity contribution is 5.57. The minimum atomic E-state index is -6.09. The quantitative estimate of drug-likeness (QED) is 0.192. The third-order valence-electron chi connectivity index (χ3n) is 5.58. The van der Waals surface area contributed by atoms with Gasteiger partial charge in [0, 0.05) is 5.56 Å². The number of ether oxygens (including phenoxy) is 2. The number of alkyl halides is 6.